The summed E-state index contributed by atoms with van der Waals surface area (Å²) in [4.78, 5) is 0. The summed E-state index contributed by atoms with van der Waals surface area (Å²) in [6.45, 7) is 8.27. The van der Waals surface area contributed by atoms with Crippen LogP contribution < -0.4 is 5.32 Å². The lowest BCUT2D eigenvalue weighted by molar-refractivity contribution is -0.910. The fraction of sp³-hybridized carbons (Fsp3) is 0.882. The van der Waals surface area contributed by atoms with Crippen molar-refractivity contribution in [2.24, 2.45) is 0 Å². The predicted octanol–water partition coefficient (Wildman–Crippen LogP) is 2.84. The van der Waals surface area contributed by atoms with E-state index < -0.39 is 8.80 Å². The molecule has 0 aliphatic carbocycles. The molecule has 0 aromatic rings. The van der Waals surface area contributed by atoms with E-state index in [1.54, 1.807) is 26.6 Å². The van der Waals surface area contributed by atoms with Crippen LogP contribution in [0, 0.1) is 22.9 Å². The second-order valence-corrected chi connectivity index (χ2v) is 9.34. The summed E-state index contributed by atoms with van der Waals surface area (Å²) in [6, 6.07) is 0.905. The molecule has 0 heterocycles. The van der Waals surface area contributed by atoms with Crippen LogP contribution in [0.5, 0.6) is 0 Å². The lowest BCUT2D eigenvalue weighted by Crippen LogP contribution is -2.48. The van der Waals surface area contributed by atoms with Gasteiger partial charge in [-0.3, -0.25) is 0 Å². The van der Waals surface area contributed by atoms with Gasteiger partial charge in [-0.1, -0.05) is 26.7 Å². The summed E-state index contributed by atoms with van der Waals surface area (Å²) < 4.78 is 17.7. The standard InChI is InChI=1S/C15H36NO3Si.C2HN3/c1-7-9-12-16(3,13-10-8-2)14-11-15-20(17-4,18-5)19-6;3-1-5-2-4/h7-15H2,1-6H3;5H/q+1;. The van der Waals surface area contributed by atoms with Gasteiger partial charge in [0.2, 0.25) is 0 Å². The van der Waals surface area contributed by atoms with Crippen LogP contribution in [0.25, 0.3) is 0 Å². The highest BCUT2D eigenvalue weighted by Crippen LogP contribution is 2.18. The maximum absolute atomic E-state index is 7.48. The van der Waals surface area contributed by atoms with E-state index in [0.29, 0.717) is 0 Å². The van der Waals surface area contributed by atoms with E-state index in [-0.39, 0.29) is 0 Å². The quantitative estimate of drug-likeness (QED) is 0.231. The number of nitriles is 2. The van der Waals surface area contributed by atoms with Gasteiger partial charge in [0.15, 0.2) is 12.4 Å². The molecule has 0 spiro atoms. The molecule has 0 unspecified atom stereocenters. The summed E-state index contributed by atoms with van der Waals surface area (Å²) >= 11 is 0. The minimum Gasteiger partial charge on any atom is -0.377 e. The zero-order valence-electron chi connectivity index (χ0n) is 16.9. The molecule has 0 saturated heterocycles. The number of unbranched alkanes of at least 4 members (excludes halogenated alkanes) is 2. The number of hydrogen-bond donors (Lipinski definition) is 1. The summed E-state index contributed by atoms with van der Waals surface area (Å²) in [5.74, 6) is 0. The number of quaternary nitrogens is 1. The van der Waals surface area contributed by atoms with Gasteiger partial charge in [-0.05, 0) is 12.8 Å². The van der Waals surface area contributed by atoms with Crippen LogP contribution in [0.3, 0.4) is 0 Å². The van der Waals surface area contributed by atoms with Gasteiger partial charge in [0.25, 0.3) is 0 Å². The molecule has 146 valence electrons. The first kappa shape index (κ1) is 26.1. The predicted molar refractivity (Wildman–Crippen MR) is 101 cm³/mol. The minimum absolute atomic E-state index is 0.905. The summed E-state index contributed by atoms with van der Waals surface area (Å²) in [7, 11) is 5.09. The van der Waals surface area contributed by atoms with Crippen molar-refractivity contribution < 1.29 is 17.8 Å². The largest absolute Gasteiger partial charge is 0.500 e. The molecule has 0 aromatic heterocycles. The summed E-state index contributed by atoms with van der Waals surface area (Å²) in [6.07, 6.45) is 9.07. The summed E-state index contributed by atoms with van der Waals surface area (Å²) in [5, 5.41) is 16.7. The molecule has 0 fully saturated rings. The van der Waals surface area contributed by atoms with Gasteiger partial charge < -0.3 is 17.8 Å². The zero-order chi connectivity index (χ0) is 19.6. The average molecular weight is 374 g/mol. The minimum atomic E-state index is -2.39. The van der Waals surface area contributed by atoms with Crippen molar-refractivity contribution in [2.75, 3.05) is 48.0 Å². The van der Waals surface area contributed by atoms with Gasteiger partial charge in [-0.2, -0.15) is 10.5 Å². The molecule has 0 aliphatic rings. The van der Waals surface area contributed by atoms with Gasteiger partial charge in [0.05, 0.1) is 26.7 Å². The van der Waals surface area contributed by atoms with Crippen molar-refractivity contribution in [3.63, 3.8) is 0 Å². The molecule has 1 N–H and O–H groups in total. The first-order chi connectivity index (χ1) is 11.9. The Kier molecular flexibility index (Phi) is 17.0. The van der Waals surface area contributed by atoms with Crippen molar-refractivity contribution in [1.82, 2.24) is 5.32 Å². The Morgan fingerprint density at radius 2 is 1.24 bits per heavy atom. The molecule has 8 heteroatoms. The van der Waals surface area contributed by atoms with Crippen molar-refractivity contribution in [1.29, 1.82) is 10.5 Å². The van der Waals surface area contributed by atoms with Gasteiger partial charge in [-0.25, -0.2) is 5.32 Å². The Morgan fingerprint density at radius 3 is 1.52 bits per heavy atom. The molecule has 0 saturated carbocycles. The van der Waals surface area contributed by atoms with Gasteiger partial charge in [0.1, 0.15) is 0 Å². The van der Waals surface area contributed by atoms with Crippen LogP contribution in [-0.2, 0) is 13.3 Å². The third-order valence-electron chi connectivity index (χ3n) is 4.33. The smallest absolute Gasteiger partial charge is 0.377 e. The Bertz CT molecular complexity index is 364. The molecule has 0 bridgehead atoms. The monoisotopic (exact) mass is 373 g/mol. The molecule has 0 atom stereocenters. The number of nitrogens with zero attached hydrogens (tertiary/aromatic N) is 3. The van der Waals surface area contributed by atoms with Crippen molar-refractivity contribution in [2.45, 2.75) is 52.0 Å². The first-order valence-corrected chi connectivity index (χ1v) is 10.9. The highest BCUT2D eigenvalue weighted by Gasteiger charge is 2.38. The van der Waals surface area contributed by atoms with Gasteiger partial charge in [0, 0.05) is 33.8 Å². The maximum Gasteiger partial charge on any atom is 0.500 e. The van der Waals surface area contributed by atoms with Crippen LogP contribution in [0.1, 0.15) is 46.0 Å². The lowest BCUT2D eigenvalue weighted by atomic mass is 10.2. The second kappa shape index (κ2) is 16.3. The normalized spacial score (nSPS) is 11.0. The van der Waals surface area contributed by atoms with Crippen LogP contribution in [0.15, 0.2) is 0 Å². The van der Waals surface area contributed by atoms with Crippen LogP contribution >= 0.6 is 0 Å². The zero-order valence-corrected chi connectivity index (χ0v) is 17.9. The molecule has 0 aromatic carbocycles. The molecule has 0 rings (SSSR count). The van der Waals surface area contributed by atoms with Gasteiger partial charge in [-0.15, -0.1) is 0 Å². The third kappa shape index (κ3) is 12.8. The molecular weight excluding hydrogens is 336 g/mol. The molecular formula is C17H37N4O3Si+. The Labute approximate surface area is 155 Å². The highest BCUT2D eigenvalue weighted by atomic mass is 28.4. The van der Waals surface area contributed by atoms with Crippen LogP contribution in [-0.4, -0.2) is 61.3 Å². The number of hydrogen-bond acceptors (Lipinski definition) is 6. The first-order valence-electron chi connectivity index (χ1n) is 8.95. The summed E-state index contributed by atoms with van der Waals surface area (Å²) in [5.41, 5.74) is 0. The van der Waals surface area contributed by atoms with E-state index in [2.05, 4.69) is 20.9 Å². The molecule has 0 aliphatic heterocycles. The molecule has 7 nitrogen and oxygen atoms in total. The fourth-order valence-electron chi connectivity index (χ4n) is 2.67. The van der Waals surface area contributed by atoms with E-state index in [1.807, 2.05) is 0 Å². The SMILES string of the molecule is CCCC[N+](C)(CCCC)CCC[Si](OC)(OC)OC.N#CNC#N. The second-order valence-electron chi connectivity index (χ2n) is 6.24. The van der Waals surface area contributed by atoms with E-state index in [0.717, 1.165) is 12.5 Å². The van der Waals surface area contributed by atoms with E-state index in [4.69, 9.17) is 23.8 Å². The number of nitrogens with one attached hydrogen (secondary N) is 1. The molecule has 0 amide bonds. The third-order valence-corrected chi connectivity index (χ3v) is 7.16. The average Bonchev–Trinajstić information content (AvgIpc) is 2.64. The van der Waals surface area contributed by atoms with E-state index >= 15 is 0 Å². The number of rotatable bonds is 13. The highest BCUT2D eigenvalue weighted by molar-refractivity contribution is 6.60. The topological polar surface area (TPSA) is 87.3 Å². The van der Waals surface area contributed by atoms with Crippen molar-refractivity contribution in [3.05, 3.63) is 0 Å². The van der Waals surface area contributed by atoms with E-state index in [1.165, 1.54) is 62.2 Å². The maximum atomic E-state index is 7.48. The molecule has 0 radical (unpaired) electrons. The Hall–Kier alpha value is -1.16. The Morgan fingerprint density at radius 1 is 0.840 bits per heavy atom. The lowest BCUT2D eigenvalue weighted by Gasteiger charge is -2.35. The van der Waals surface area contributed by atoms with Crippen molar-refractivity contribution in [3.8, 4) is 12.4 Å². The van der Waals surface area contributed by atoms with E-state index in [9.17, 15) is 0 Å². The Balaban J connectivity index is 0. The van der Waals surface area contributed by atoms with Crippen LogP contribution in [0.4, 0.5) is 0 Å². The van der Waals surface area contributed by atoms with Crippen LogP contribution in [0.2, 0.25) is 6.04 Å². The molecule has 25 heavy (non-hydrogen) atoms. The fourth-order valence-corrected chi connectivity index (χ4v) is 4.38. The van der Waals surface area contributed by atoms with Gasteiger partial charge >= 0.3 is 8.80 Å². The van der Waals surface area contributed by atoms with Crippen molar-refractivity contribution >= 4 is 8.80 Å².